The van der Waals surface area contributed by atoms with Gasteiger partial charge in [-0.3, -0.25) is 9.69 Å². The van der Waals surface area contributed by atoms with Crippen molar-refractivity contribution in [1.82, 2.24) is 10.2 Å². The van der Waals surface area contributed by atoms with Crippen LogP contribution in [0.5, 0.6) is 5.75 Å². The number of amides is 1. The summed E-state index contributed by atoms with van der Waals surface area (Å²) >= 11 is 1.71. The molecule has 1 aliphatic rings. The molecule has 1 aliphatic heterocycles. The number of ether oxygens (including phenoxy) is 1. The Balaban J connectivity index is 1.44. The number of benzene rings is 2. The van der Waals surface area contributed by atoms with Crippen molar-refractivity contribution in [3.63, 3.8) is 0 Å². The highest BCUT2D eigenvalue weighted by Crippen LogP contribution is 2.30. The van der Waals surface area contributed by atoms with Crippen LogP contribution in [0.25, 0.3) is 0 Å². The number of methoxy groups -OCH3 is 1. The van der Waals surface area contributed by atoms with E-state index in [0.717, 1.165) is 31.9 Å². The van der Waals surface area contributed by atoms with Gasteiger partial charge in [0.15, 0.2) is 0 Å². The second kappa shape index (κ2) is 10.1. The molecule has 2 heterocycles. The van der Waals surface area contributed by atoms with E-state index in [1.807, 2.05) is 19.1 Å². The minimum absolute atomic E-state index is 0.0809. The zero-order chi connectivity index (χ0) is 22.5. The van der Waals surface area contributed by atoms with Crippen molar-refractivity contribution in [2.24, 2.45) is 0 Å². The van der Waals surface area contributed by atoms with E-state index in [9.17, 15) is 9.18 Å². The van der Waals surface area contributed by atoms with Crippen molar-refractivity contribution in [2.45, 2.75) is 19.0 Å². The SMILES string of the molecule is COc1ccc(N2CCN([C@H](c3cccs3)[C@@H](C)NC(=O)c3ccc(F)cc3)CC2)cc1. The van der Waals surface area contributed by atoms with Gasteiger partial charge < -0.3 is 15.0 Å². The van der Waals surface area contributed by atoms with Crippen molar-refractivity contribution in [1.29, 1.82) is 0 Å². The van der Waals surface area contributed by atoms with Crippen LogP contribution in [0.1, 0.15) is 28.2 Å². The van der Waals surface area contributed by atoms with E-state index in [4.69, 9.17) is 4.74 Å². The molecule has 4 rings (SSSR count). The fourth-order valence-electron chi connectivity index (χ4n) is 4.22. The molecule has 2 atom stereocenters. The topological polar surface area (TPSA) is 44.8 Å². The van der Waals surface area contributed by atoms with Crippen LogP contribution in [0.15, 0.2) is 66.0 Å². The third-order valence-corrected chi connectivity index (χ3v) is 6.86. The fourth-order valence-corrected chi connectivity index (χ4v) is 5.19. The van der Waals surface area contributed by atoms with Gasteiger partial charge in [0.25, 0.3) is 5.91 Å². The average Bonchev–Trinajstić information content (AvgIpc) is 3.34. The Kier molecular flexibility index (Phi) is 7.07. The maximum Gasteiger partial charge on any atom is 0.251 e. The van der Waals surface area contributed by atoms with E-state index >= 15 is 0 Å². The van der Waals surface area contributed by atoms with Crippen LogP contribution in [0.2, 0.25) is 0 Å². The monoisotopic (exact) mass is 453 g/mol. The van der Waals surface area contributed by atoms with E-state index < -0.39 is 0 Å². The van der Waals surface area contributed by atoms with Crippen molar-refractivity contribution in [3.05, 3.63) is 82.3 Å². The molecule has 0 spiro atoms. The summed E-state index contributed by atoms with van der Waals surface area (Å²) in [6.07, 6.45) is 0. The van der Waals surface area contributed by atoms with Crippen molar-refractivity contribution < 1.29 is 13.9 Å². The van der Waals surface area contributed by atoms with Gasteiger partial charge in [0.1, 0.15) is 11.6 Å². The first-order chi connectivity index (χ1) is 15.5. The van der Waals surface area contributed by atoms with Crippen LogP contribution in [0.3, 0.4) is 0 Å². The predicted molar refractivity (Wildman–Crippen MR) is 127 cm³/mol. The van der Waals surface area contributed by atoms with E-state index in [1.54, 1.807) is 18.4 Å². The lowest BCUT2D eigenvalue weighted by Crippen LogP contribution is -2.52. The molecule has 1 aromatic heterocycles. The van der Waals surface area contributed by atoms with Gasteiger partial charge in [-0.15, -0.1) is 11.3 Å². The number of thiophene rings is 1. The largest absolute Gasteiger partial charge is 0.497 e. The molecule has 32 heavy (non-hydrogen) atoms. The molecule has 0 saturated carbocycles. The molecule has 0 unspecified atom stereocenters. The number of anilines is 1. The van der Waals surface area contributed by atoms with E-state index in [0.29, 0.717) is 5.56 Å². The molecule has 1 saturated heterocycles. The summed E-state index contributed by atoms with van der Waals surface area (Å²) in [7, 11) is 1.68. The van der Waals surface area contributed by atoms with Gasteiger partial charge in [0, 0.05) is 48.3 Å². The Bertz CT molecular complexity index is 1000. The van der Waals surface area contributed by atoms with Gasteiger partial charge in [-0.25, -0.2) is 4.39 Å². The van der Waals surface area contributed by atoms with Crippen molar-refractivity contribution in [2.75, 3.05) is 38.2 Å². The Labute approximate surface area is 192 Å². The maximum absolute atomic E-state index is 13.2. The summed E-state index contributed by atoms with van der Waals surface area (Å²) < 4.78 is 18.5. The number of nitrogens with zero attached hydrogens (tertiary/aromatic N) is 2. The lowest BCUT2D eigenvalue weighted by atomic mass is 10.0. The van der Waals surface area contributed by atoms with Gasteiger partial charge in [0.05, 0.1) is 13.2 Å². The molecule has 5 nitrogen and oxygen atoms in total. The molecular weight excluding hydrogens is 425 g/mol. The molecular formula is C25H28FN3O2S. The van der Waals surface area contributed by atoms with Crippen LogP contribution in [0, 0.1) is 5.82 Å². The first kappa shape index (κ1) is 22.3. The number of rotatable bonds is 7. The number of hydrogen-bond acceptors (Lipinski definition) is 5. The summed E-state index contributed by atoms with van der Waals surface area (Å²) in [5, 5.41) is 5.21. The highest BCUT2D eigenvalue weighted by Gasteiger charge is 2.31. The number of carbonyl (C=O) groups excluding carboxylic acids is 1. The molecule has 0 radical (unpaired) electrons. The number of halogens is 1. The highest BCUT2D eigenvalue weighted by atomic mass is 32.1. The van der Waals surface area contributed by atoms with Gasteiger partial charge in [-0.1, -0.05) is 6.07 Å². The summed E-state index contributed by atoms with van der Waals surface area (Å²) in [6.45, 7) is 5.65. The highest BCUT2D eigenvalue weighted by molar-refractivity contribution is 7.10. The zero-order valence-corrected chi connectivity index (χ0v) is 19.1. The summed E-state index contributed by atoms with van der Waals surface area (Å²) in [5.74, 6) is 0.326. The van der Waals surface area contributed by atoms with E-state index in [1.165, 1.54) is 34.8 Å². The molecule has 2 aromatic carbocycles. The van der Waals surface area contributed by atoms with Gasteiger partial charge >= 0.3 is 0 Å². The van der Waals surface area contributed by atoms with Crippen molar-refractivity contribution in [3.8, 4) is 5.75 Å². The Morgan fingerprint density at radius 3 is 2.31 bits per heavy atom. The summed E-state index contributed by atoms with van der Waals surface area (Å²) in [4.78, 5) is 18.8. The maximum atomic E-state index is 13.2. The van der Waals surface area contributed by atoms with Crippen LogP contribution >= 0.6 is 11.3 Å². The minimum atomic E-state index is -0.346. The zero-order valence-electron chi connectivity index (χ0n) is 18.3. The lowest BCUT2D eigenvalue weighted by Gasteiger charge is -2.42. The van der Waals surface area contributed by atoms with Crippen LogP contribution in [-0.4, -0.2) is 50.1 Å². The second-order valence-electron chi connectivity index (χ2n) is 7.95. The van der Waals surface area contributed by atoms with Gasteiger partial charge in [0.2, 0.25) is 0 Å². The predicted octanol–water partition coefficient (Wildman–Crippen LogP) is 4.58. The Hall–Kier alpha value is -2.90. The Morgan fingerprint density at radius 1 is 1.03 bits per heavy atom. The van der Waals surface area contributed by atoms with Crippen molar-refractivity contribution >= 4 is 22.9 Å². The van der Waals surface area contributed by atoms with E-state index in [2.05, 4.69) is 44.8 Å². The standard InChI is InChI=1S/C25H28FN3O2S/c1-18(27-25(30)19-5-7-20(26)8-6-19)24(23-4-3-17-32-23)29-15-13-28(14-16-29)21-9-11-22(31-2)12-10-21/h3-12,17-18,24H,13-16H2,1-2H3,(H,27,30)/t18-,24+/m1/s1. The molecule has 0 aliphatic carbocycles. The molecule has 1 fully saturated rings. The first-order valence-electron chi connectivity index (χ1n) is 10.8. The van der Waals surface area contributed by atoms with Crippen LogP contribution in [0.4, 0.5) is 10.1 Å². The van der Waals surface area contributed by atoms with Crippen LogP contribution in [-0.2, 0) is 0 Å². The molecule has 168 valence electrons. The van der Waals surface area contributed by atoms with Crippen LogP contribution < -0.4 is 15.0 Å². The third-order valence-electron chi connectivity index (χ3n) is 5.92. The number of piperazine rings is 1. The van der Waals surface area contributed by atoms with Gasteiger partial charge in [-0.2, -0.15) is 0 Å². The second-order valence-corrected chi connectivity index (χ2v) is 8.93. The quantitative estimate of drug-likeness (QED) is 0.569. The fraction of sp³-hybridized carbons (Fsp3) is 0.320. The molecule has 7 heteroatoms. The summed E-state index contributed by atoms with van der Waals surface area (Å²) in [5.41, 5.74) is 1.66. The minimum Gasteiger partial charge on any atom is -0.497 e. The number of carbonyl (C=O) groups is 1. The molecule has 3 aromatic rings. The number of nitrogens with one attached hydrogen (secondary N) is 1. The van der Waals surface area contributed by atoms with Gasteiger partial charge in [-0.05, 0) is 66.9 Å². The lowest BCUT2D eigenvalue weighted by molar-refractivity contribution is 0.0890. The third kappa shape index (κ3) is 5.11. The molecule has 1 amide bonds. The smallest absolute Gasteiger partial charge is 0.251 e. The average molecular weight is 454 g/mol. The Morgan fingerprint density at radius 2 is 1.72 bits per heavy atom. The molecule has 0 bridgehead atoms. The number of hydrogen-bond donors (Lipinski definition) is 1. The normalized spacial score (nSPS) is 16.4. The first-order valence-corrected chi connectivity index (χ1v) is 11.7. The summed E-state index contributed by atoms with van der Waals surface area (Å²) in [6, 6.07) is 18.0. The van der Waals surface area contributed by atoms with E-state index in [-0.39, 0.29) is 23.8 Å². The molecule has 1 N–H and O–H groups in total.